The minimum absolute atomic E-state index is 0.0555. The Bertz CT molecular complexity index is 643. The van der Waals surface area contributed by atoms with E-state index in [9.17, 15) is 4.79 Å². The number of benzene rings is 1. The first-order valence-electron chi connectivity index (χ1n) is 7.51. The second kappa shape index (κ2) is 6.18. The zero-order chi connectivity index (χ0) is 14.7. The van der Waals surface area contributed by atoms with Crippen LogP contribution in [0.4, 0.5) is 0 Å². The van der Waals surface area contributed by atoms with Gasteiger partial charge in [0.05, 0.1) is 11.0 Å². The molecule has 3 rings (SSSR count). The summed E-state index contributed by atoms with van der Waals surface area (Å²) in [6, 6.07) is 5.66. The summed E-state index contributed by atoms with van der Waals surface area (Å²) in [6.45, 7) is 1.32. The van der Waals surface area contributed by atoms with Crippen molar-refractivity contribution in [1.29, 1.82) is 0 Å². The average Bonchev–Trinajstić information content (AvgIpc) is 2.79. The smallest absolute Gasteiger partial charge is 0.254 e. The number of hydrogen-bond acceptors (Lipinski definition) is 4. The Morgan fingerprint density at radius 3 is 2.81 bits per heavy atom. The van der Waals surface area contributed by atoms with Gasteiger partial charge in [-0.3, -0.25) is 14.8 Å². The third-order valence-corrected chi connectivity index (χ3v) is 4.13. The van der Waals surface area contributed by atoms with Crippen LogP contribution in [-0.2, 0) is 0 Å². The minimum atomic E-state index is 0.0555. The van der Waals surface area contributed by atoms with E-state index in [4.69, 9.17) is 5.73 Å². The van der Waals surface area contributed by atoms with Gasteiger partial charge in [-0.05, 0) is 31.0 Å². The fourth-order valence-electron chi connectivity index (χ4n) is 2.95. The Morgan fingerprint density at radius 2 is 2.00 bits per heavy atom. The van der Waals surface area contributed by atoms with Crippen molar-refractivity contribution in [3.8, 4) is 0 Å². The van der Waals surface area contributed by atoms with Gasteiger partial charge in [0, 0.05) is 37.1 Å². The fraction of sp³-hybridized carbons (Fsp3) is 0.438. The standard InChI is InChI=1S/C16H20N4O/c17-11-13-4-2-1-3-9-20(13)16(21)12-5-6-14-15(10-12)19-8-7-18-14/h5-8,10,13H,1-4,9,11,17H2. The Labute approximate surface area is 124 Å². The lowest BCUT2D eigenvalue weighted by atomic mass is 10.1. The van der Waals surface area contributed by atoms with Crippen LogP contribution in [0, 0.1) is 0 Å². The van der Waals surface area contributed by atoms with Crippen LogP contribution in [0.3, 0.4) is 0 Å². The molecule has 0 bridgehead atoms. The van der Waals surface area contributed by atoms with E-state index in [-0.39, 0.29) is 11.9 Å². The zero-order valence-corrected chi connectivity index (χ0v) is 12.0. The van der Waals surface area contributed by atoms with Gasteiger partial charge in [-0.1, -0.05) is 12.8 Å². The number of nitrogens with zero attached hydrogens (tertiary/aromatic N) is 3. The third-order valence-electron chi connectivity index (χ3n) is 4.13. The monoisotopic (exact) mass is 284 g/mol. The molecule has 0 radical (unpaired) electrons. The van der Waals surface area contributed by atoms with Crippen LogP contribution >= 0.6 is 0 Å². The number of rotatable bonds is 2. The van der Waals surface area contributed by atoms with Crippen molar-refractivity contribution < 1.29 is 4.79 Å². The lowest BCUT2D eigenvalue weighted by Crippen LogP contribution is -2.44. The molecule has 1 fully saturated rings. The molecule has 1 aromatic heterocycles. The second-order valence-corrected chi connectivity index (χ2v) is 5.50. The molecule has 1 aliphatic rings. The fourth-order valence-corrected chi connectivity index (χ4v) is 2.95. The zero-order valence-electron chi connectivity index (χ0n) is 12.0. The number of carbonyl (C=O) groups is 1. The molecule has 5 nitrogen and oxygen atoms in total. The first-order valence-corrected chi connectivity index (χ1v) is 7.51. The molecule has 21 heavy (non-hydrogen) atoms. The SMILES string of the molecule is NCC1CCCCCN1C(=O)c1ccc2nccnc2c1. The van der Waals surface area contributed by atoms with Gasteiger partial charge in [-0.15, -0.1) is 0 Å². The van der Waals surface area contributed by atoms with E-state index in [0.29, 0.717) is 12.1 Å². The topological polar surface area (TPSA) is 72.1 Å². The molecule has 1 saturated heterocycles. The Morgan fingerprint density at radius 1 is 1.19 bits per heavy atom. The molecular weight excluding hydrogens is 264 g/mol. The Kier molecular flexibility index (Phi) is 4.10. The molecule has 1 atom stereocenters. The number of carbonyl (C=O) groups excluding carboxylic acids is 1. The summed E-state index contributed by atoms with van der Waals surface area (Å²) in [6.07, 6.45) is 7.66. The van der Waals surface area contributed by atoms with Crippen LogP contribution in [0.2, 0.25) is 0 Å². The summed E-state index contributed by atoms with van der Waals surface area (Å²) in [4.78, 5) is 23.2. The summed E-state index contributed by atoms with van der Waals surface area (Å²) < 4.78 is 0. The van der Waals surface area contributed by atoms with Crippen molar-refractivity contribution in [3.63, 3.8) is 0 Å². The van der Waals surface area contributed by atoms with Gasteiger partial charge in [0.25, 0.3) is 5.91 Å². The maximum absolute atomic E-state index is 12.8. The van der Waals surface area contributed by atoms with Crippen LogP contribution < -0.4 is 5.73 Å². The van der Waals surface area contributed by atoms with Gasteiger partial charge in [0.1, 0.15) is 0 Å². The van der Waals surface area contributed by atoms with E-state index < -0.39 is 0 Å². The number of fused-ring (bicyclic) bond motifs is 1. The largest absolute Gasteiger partial charge is 0.334 e. The van der Waals surface area contributed by atoms with Crippen molar-refractivity contribution in [2.45, 2.75) is 31.7 Å². The van der Waals surface area contributed by atoms with Gasteiger partial charge < -0.3 is 10.6 Å². The van der Waals surface area contributed by atoms with E-state index in [1.807, 2.05) is 23.1 Å². The maximum Gasteiger partial charge on any atom is 0.254 e. The molecular formula is C16H20N4O. The molecule has 0 spiro atoms. The van der Waals surface area contributed by atoms with Gasteiger partial charge in [0.2, 0.25) is 0 Å². The van der Waals surface area contributed by atoms with E-state index in [1.165, 1.54) is 6.42 Å². The summed E-state index contributed by atoms with van der Waals surface area (Å²) in [5, 5.41) is 0. The predicted molar refractivity (Wildman–Crippen MR) is 81.9 cm³/mol. The number of nitrogens with two attached hydrogens (primary N) is 1. The molecule has 5 heteroatoms. The molecule has 110 valence electrons. The number of hydrogen-bond donors (Lipinski definition) is 1. The normalized spacial score (nSPS) is 19.5. The van der Waals surface area contributed by atoms with E-state index in [0.717, 1.165) is 36.8 Å². The highest BCUT2D eigenvalue weighted by atomic mass is 16.2. The van der Waals surface area contributed by atoms with E-state index in [1.54, 1.807) is 12.4 Å². The molecule has 1 aliphatic heterocycles. The number of likely N-dealkylation sites (tertiary alicyclic amines) is 1. The molecule has 2 N–H and O–H groups in total. The summed E-state index contributed by atoms with van der Waals surface area (Å²) >= 11 is 0. The molecule has 0 saturated carbocycles. The maximum atomic E-state index is 12.8. The van der Waals surface area contributed by atoms with Gasteiger partial charge >= 0.3 is 0 Å². The second-order valence-electron chi connectivity index (χ2n) is 5.50. The highest BCUT2D eigenvalue weighted by molar-refractivity contribution is 5.97. The summed E-state index contributed by atoms with van der Waals surface area (Å²) in [5.74, 6) is 0.0555. The van der Waals surface area contributed by atoms with Crippen molar-refractivity contribution in [2.24, 2.45) is 5.73 Å². The first-order chi connectivity index (χ1) is 10.3. The number of aromatic nitrogens is 2. The van der Waals surface area contributed by atoms with Gasteiger partial charge in [-0.25, -0.2) is 0 Å². The van der Waals surface area contributed by atoms with E-state index in [2.05, 4.69) is 9.97 Å². The van der Waals surface area contributed by atoms with Crippen molar-refractivity contribution in [2.75, 3.05) is 13.1 Å². The highest BCUT2D eigenvalue weighted by Crippen LogP contribution is 2.20. The van der Waals surface area contributed by atoms with Gasteiger partial charge in [0.15, 0.2) is 0 Å². The van der Waals surface area contributed by atoms with E-state index >= 15 is 0 Å². The first kappa shape index (κ1) is 13.9. The summed E-state index contributed by atoms with van der Waals surface area (Å²) in [5.41, 5.74) is 8.08. The third kappa shape index (κ3) is 2.88. The molecule has 2 heterocycles. The lowest BCUT2D eigenvalue weighted by molar-refractivity contribution is 0.0689. The number of amides is 1. The summed E-state index contributed by atoms with van der Waals surface area (Å²) in [7, 11) is 0. The predicted octanol–water partition coefficient (Wildman–Crippen LogP) is 1.97. The Balaban J connectivity index is 1.90. The lowest BCUT2D eigenvalue weighted by Gasteiger charge is -2.29. The molecule has 0 aliphatic carbocycles. The van der Waals surface area contributed by atoms with Crippen molar-refractivity contribution in [1.82, 2.24) is 14.9 Å². The van der Waals surface area contributed by atoms with Crippen LogP contribution in [-0.4, -0.2) is 39.9 Å². The molecule has 2 aromatic rings. The molecule has 1 unspecified atom stereocenters. The Hall–Kier alpha value is -2.01. The van der Waals surface area contributed by atoms with Gasteiger partial charge in [-0.2, -0.15) is 0 Å². The van der Waals surface area contributed by atoms with Crippen LogP contribution in [0.1, 0.15) is 36.0 Å². The van der Waals surface area contributed by atoms with Crippen LogP contribution in [0.25, 0.3) is 11.0 Å². The minimum Gasteiger partial charge on any atom is -0.334 e. The quantitative estimate of drug-likeness (QED) is 0.915. The molecule has 1 amide bonds. The highest BCUT2D eigenvalue weighted by Gasteiger charge is 2.25. The van der Waals surface area contributed by atoms with Crippen LogP contribution in [0.5, 0.6) is 0 Å². The van der Waals surface area contributed by atoms with Crippen LogP contribution in [0.15, 0.2) is 30.6 Å². The van der Waals surface area contributed by atoms with Crippen molar-refractivity contribution >= 4 is 16.9 Å². The average molecular weight is 284 g/mol. The molecule has 1 aromatic carbocycles. The van der Waals surface area contributed by atoms with Crippen molar-refractivity contribution in [3.05, 3.63) is 36.2 Å².